The predicted molar refractivity (Wildman–Crippen MR) is 148 cm³/mol. The van der Waals surface area contributed by atoms with Gasteiger partial charge in [-0.3, -0.25) is 9.59 Å². The third-order valence-electron chi connectivity index (χ3n) is 5.73. The summed E-state index contributed by atoms with van der Waals surface area (Å²) in [6, 6.07) is 6.83. The van der Waals surface area contributed by atoms with Gasteiger partial charge in [-0.25, -0.2) is 4.79 Å². The van der Waals surface area contributed by atoms with Crippen LogP contribution in [0.3, 0.4) is 0 Å². The Morgan fingerprint density at radius 2 is 0.902 bits per heavy atom. The Labute approximate surface area is 236 Å². The van der Waals surface area contributed by atoms with Crippen LogP contribution in [0.25, 0.3) is 0 Å². The van der Waals surface area contributed by atoms with Crippen LogP contribution in [0, 0.1) is 17.8 Å². The minimum Gasteiger partial charge on any atom is -0.504 e. The number of carbonyl (C=O) groups excluding carboxylic acids is 3. The second kappa shape index (κ2) is 11.7. The van der Waals surface area contributed by atoms with E-state index in [2.05, 4.69) is 0 Å². The van der Waals surface area contributed by atoms with Crippen molar-refractivity contribution >= 4 is 17.5 Å². The molecule has 0 bridgehead atoms. The number of hydrogen-bond donors (Lipinski definition) is 7. The largest absolute Gasteiger partial charge is 0.504 e. The Morgan fingerprint density at radius 3 is 1.32 bits per heavy atom. The van der Waals surface area contributed by atoms with Crippen molar-refractivity contribution in [1.29, 1.82) is 0 Å². The van der Waals surface area contributed by atoms with Gasteiger partial charge >= 0.3 is 5.97 Å². The number of carbonyl (C=O) groups is 3. The van der Waals surface area contributed by atoms with Crippen LogP contribution in [0.5, 0.6) is 46.0 Å². The number of rotatable bonds is 4. The van der Waals surface area contributed by atoms with E-state index in [9.17, 15) is 45.0 Å². The molecule has 0 atom stereocenters. The van der Waals surface area contributed by atoms with Gasteiger partial charge in [0.25, 0.3) is 0 Å². The lowest BCUT2D eigenvalue weighted by molar-refractivity contribution is 0.0726. The quantitative estimate of drug-likeness (QED) is 0.0928. The van der Waals surface area contributed by atoms with Crippen LogP contribution in [-0.2, 0) is 0 Å². The van der Waals surface area contributed by atoms with Crippen molar-refractivity contribution in [2.24, 2.45) is 10.8 Å². The molecule has 3 aromatic carbocycles. The number of aromatic hydroxyl groups is 7. The zero-order valence-electron chi connectivity index (χ0n) is 23.7. The lowest BCUT2D eigenvalue weighted by Crippen LogP contribution is -2.20. The molecule has 0 amide bonds. The van der Waals surface area contributed by atoms with E-state index in [1.165, 1.54) is 13.0 Å². The molecule has 0 unspecified atom stereocenters. The number of hydrogen-bond acceptors (Lipinski definition) is 11. The molecule has 11 nitrogen and oxygen atoms in total. The maximum atomic E-state index is 12.4. The number of ketones is 2. The van der Waals surface area contributed by atoms with E-state index < -0.39 is 57.0 Å². The standard InChI is InChI=1S/C19H20O7.C11H14O4/c1-9-5-11(7-12(20)15(9)22)18(25)26-14-8-10(6-13(21)16(14)23)17(24)19(2,3)4;1-11(2,3)10(15)6-4-7(12)9(14)8(13)5-6/h5-8,20-23H,1-4H3;4-5,12-14H,1-3H3. The van der Waals surface area contributed by atoms with Gasteiger partial charge in [0.05, 0.1) is 5.56 Å². The van der Waals surface area contributed by atoms with E-state index in [1.807, 2.05) is 0 Å². The minimum absolute atomic E-state index is 0.0698. The summed E-state index contributed by atoms with van der Waals surface area (Å²) in [7, 11) is 0. The Hall–Kier alpha value is -4.93. The highest BCUT2D eigenvalue weighted by atomic mass is 16.5. The van der Waals surface area contributed by atoms with Crippen molar-refractivity contribution in [3.8, 4) is 46.0 Å². The van der Waals surface area contributed by atoms with Crippen LogP contribution < -0.4 is 4.74 Å². The maximum Gasteiger partial charge on any atom is 0.343 e. The number of Topliss-reactive ketones (excluding diaryl/α,β-unsaturated/α-hetero) is 2. The second-order valence-corrected chi connectivity index (χ2v) is 11.4. The van der Waals surface area contributed by atoms with Crippen molar-refractivity contribution in [1.82, 2.24) is 0 Å². The summed E-state index contributed by atoms with van der Waals surface area (Å²) in [4.78, 5) is 36.4. The zero-order valence-corrected chi connectivity index (χ0v) is 23.7. The SMILES string of the molecule is CC(C)(C)C(=O)c1cc(O)c(O)c(O)c1.Cc1cc(C(=O)Oc2cc(C(=O)C(C)(C)C)cc(O)c2O)cc(O)c1O. The molecule has 41 heavy (non-hydrogen) atoms. The van der Waals surface area contributed by atoms with Crippen LogP contribution >= 0.6 is 0 Å². The van der Waals surface area contributed by atoms with Gasteiger partial charge in [0, 0.05) is 22.0 Å². The van der Waals surface area contributed by atoms with Gasteiger partial charge in [0.1, 0.15) is 0 Å². The first-order chi connectivity index (χ1) is 18.6. The third-order valence-corrected chi connectivity index (χ3v) is 5.73. The summed E-state index contributed by atoms with van der Waals surface area (Å²) in [5.41, 5.74) is -0.930. The van der Waals surface area contributed by atoms with Gasteiger partial charge in [-0.1, -0.05) is 41.5 Å². The molecule has 0 saturated carbocycles. The smallest absolute Gasteiger partial charge is 0.343 e. The van der Waals surface area contributed by atoms with Gasteiger partial charge in [-0.2, -0.15) is 0 Å². The van der Waals surface area contributed by atoms with Gasteiger partial charge in [0.2, 0.25) is 5.75 Å². The molecule has 220 valence electrons. The van der Waals surface area contributed by atoms with Crippen molar-refractivity contribution < 1.29 is 54.9 Å². The summed E-state index contributed by atoms with van der Waals surface area (Å²) >= 11 is 0. The minimum atomic E-state index is -0.946. The first kappa shape index (κ1) is 32.3. The van der Waals surface area contributed by atoms with E-state index in [0.29, 0.717) is 0 Å². The first-order valence-electron chi connectivity index (χ1n) is 12.3. The molecule has 0 aliphatic rings. The van der Waals surface area contributed by atoms with Gasteiger partial charge < -0.3 is 40.5 Å². The van der Waals surface area contributed by atoms with E-state index in [4.69, 9.17) is 9.84 Å². The normalized spacial score (nSPS) is 11.3. The Bertz CT molecular complexity index is 1460. The molecule has 0 radical (unpaired) electrons. The average Bonchev–Trinajstić information content (AvgIpc) is 2.86. The molecule has 0 aromatic heterocycles. The molecule has 0 aliphatic heterocycles. The summed E-state index contributed by atoms with van der Waals surface area (Å²) in [5, 5.41) is 66.5. The molecule has 0 aliphatic carbocycles. The lowest BCUT2D eigenvalue weighted by atomic mass is 9.86. The number of benzene rings is 3. The van der Waals surface area contributed by atoms with E-state index >= 15 is 0 Å². The number of esters is 1. The van der Waals surface area contributed by atoms with Crippen LogP contribution in [-0.4, -0.2) is 53.3 Å². The molecule has 0 saturated heterocycles. The summed E-state index contributed by atoms with van der Waals surface area (Å²) < 4.78 is 5.07. The van der Waals surface area contributed by atoms with Crippen molar-refractivity contribution in [2.45, 2.75) is 48.5 Å². The van der Waals surface area contributed by atoms with Crippen LogP contribution in [0.2, 0.25) is 0 Å². The molecule has 7 N–H and O–H groups in total. The lowest BCUT2D eigenvalue weighted by Gasteiger charge is -2.18. The predicted octanol–water partition coefficient (Wildman–Crippen LogP) is 5.30. The molecule has 11 heteroatoms. The number of aryl methyl sites for hydroxylation is 1. The topological polar surface area (TPSA) is 202 Å². The second-order valence-electron chi connectivity index (χ2n) is 11.4. The van der Waals surface area contributed by atoms with Gasteiger partial charge in [-0.15, -0.1) is 0 Å². The number of phenols is 7. The molecule has 0 fully saturated rings. The summed E-state index contributed by atoms with van der Waals surface area (Å²) in [6.07, 6.45) is 0. The monoisotopic (exact) mass is 570 g/mol. The highest BCUT2D eigenvalue weighted by molar-refractivity contribution is 6.01. The molecule has 3 aromatic rings. The van der Waals surface area contributed by atoms with Crippen LogP contribution in [0.4, 0.5) is 0 Å². The van der Waals surface area contributed by atoms with E-state index in [1.54, 1.807) is 41.5 Å². The van der Waals surface area contributed by atoms with Crippen molar-refractivity contribution in [2.75, 3.05) is 0 Å². The molecule has 3 rings (SSSR count). The molecule has 0 spiro atoms. The highest BCUT2D eigenvalue weighted by Crippen LogP contribution is 2.39. The fourth-order valence-corrected chi connectivity index (χ4v) is 3.44. The fourth-order valence-electron chi connectivity index (χ4n) is 3.44. The van der Waals surface area contributed by atoms with Crippen molar-refractivity contribution in [3.63, 3.8) is 0 Å². The first-order valence-corrected chi connectivity index (χ1v) is 12.3. The molecular weight excluding hydrogens is 536 g/mol. The number of phenolic OH excluding ortho intramolecular Hbond substituents is 7. The Balaban J connectivity index is 0.000000333. The molecular formula is C30H34O11. The Kier molecular flexibility index (Phi) is 9.19. The van der Waals surface area contributed by atoms with Crippen LogP contribution in [0.1, 0.15) is 78.2 Å². The summed E-state index contributed by atoms with van der Waals surface area (Å²) in [5.74, 6) is -5.63. The van der Waals surface area contributed by atoms with Crippen molar-refractivity contribution in [3.05, 3.63) is 58.7 Å². The van der Waals surface area contributed by atoms with E-state index in [0.717, 1.165) is 30.3 Å². The fraction of sp³-hybridized carbons (Fsp3) is 0.300. The third kappa shape index (κ3) is 7.59. The Morgan fingerprint density at radius 1 is 0.537 bits per heavy atom. The van der Waals surface area contributed by atoms with Crippen LogP contribution in [0.15, 0.2) is 36.4 Å². The van der Waals surface area contributed by atoms with Gasteiger partial charge in [-0.05, 0) is 48.9 Å². The highest BCUT2D eigenvalue weighted by Gasteiger charge is 2.27. The average molecular weight is 571 g/mol. The zero-order chi connectivity index (χ0) is 31.6. The number of ether oxygens (including phenoxy) is 1. The maximum absolute atomic E-state index is 12.4. The molecule has 0 heterocycles. The summed E-state index contributed by atoms with van der Waals surface area (Å²) in [6.45, 7) is 11.7. The van der Waals surface area contributed by atoms with Gasteiger partial charge in [0.15, 0.2) is 51.8 Å². The van der Waals surface area contributed by atoms with E-state index in [-0.39, 0.29) is 39.6 Å².